The van der Waals surface area contributed by atoms with E-state index in [0.29, 0.717) is 23.7 Å². The van der Waals surface area contributed by atoms with Gasteiger partial charge in [0.05, 0.1) is 6.61 Å². The SMILES string of the molecule is CCOc1ccc(C(=O)NNC(=O)c2cc(-c3ccccc3)on2)cc1C. The molecule has 0 radical (unpaired) electrons. The Hall–Kier alpha value is -3.61. The number of aromatic nitrogens is 1. The van der Waals surface area contributed by atoms with Crippen molar-refractivity contribution in [2.24, 2.45) is 0 Å². The second kappa shape index (κ2) is 8.18. The molecule has 7 heteroatoms. The molecule has 0 bridgehead atoms. The summed E-state index contributed by atoms with van der Waals surface area (Å²) in [7, 11) is 0. The number of rotatable bonds is 5. The van der Waals surface area contributed by atoms with Crippen LogP contribution in [-0.2, 0) is 0 Å². The van der Waals surface area contributed by atoms with Crippen LogP contribution < -0.4 is 15.6 Å². The third kappa shape index (κ3) is 4.33. The number of carbonyl (C=O) groups is 2. The standard InChI is InChI=1S/C20H19N3O4/c1-3-26-17-10-9-15(11-13(17)2)19(24)21-22-20(25)16-12-18(27-23-16)14-7-5-4-6-8-14/h4-12H,3H2,1-2H3,(H,21,24)(H,22,25). The molecule has 3 rings (SSSR count). The number of nitrogens with one attached hydrogen (secondary N) is 2. The minimum Gasteiger partial charge on any atom is -0.494 e. The molecule has 7 nitrogen and oxygen atoms in total. The van der Waals surface area contributed by atoms with Crippen LogP contribution in [0, 0.1) is 6.92 Å². The van der Waals surface area contributed by atoms with Gasteiger partial charge in [0.1, 0.15) is 5.75 Å². The van der Waals surface area contributed by atoms with Crippen molar-refractivity contribution in [3.05, 3.63) is 71.4 Å². The van der Waals surface area contributed by atoms with Gasteiger partial charge in [-0.05, 0) is 37.6 Å². The van der Waals surface area contributed by atoms with E-state index in [-0.39, 0.29) is 5.69 Å². The van der Waals surface area contributed by atoms with Crippen LogP contribution in [0.4, 0.5) is 0 Å². The van der Waals surface area contributed by atoms with Gasteiger partial charge in [-0.15, -0.1) is 0 Å². The quantitative estimate of drug-likeness (QED) is 0.678. The number of aryl methyl sites for hydroxylation is 1. The molecule has 1 aromatic heterocycles. The molecule has 0 fully saturated rings. The first-order chi connectivity index (χ1) is 13.1. The average molecular weight is 365 g/mol. The fraction of sp³-hybridized carbons (Fsp3) is 0.150. The van der Waals surface area contributed by atoms with E-state index >= 15 is 0 Å². The predicted octanol–water partition coefficient (Wildman–Crippen LogP) is 3.12. The van der Waals surface area contributed by atoms with Crippen LogP contribution >= 0.6 is 0 Å². The zero-order chi connectivity index (χ0) is 19.2. The predicted molar refractivity (Wildman–Crippen MR) is 99.2 cm³/mol. The minimum absolute atomic E-state index is 0.0667. The zero-order valence-electron chi connectivity index (χ0n) is 15.0. The number of ether oxygens (including phenoxy) is 1. The number of hydrogen-bond acceptors (Lipinski definition) is 5. The molecule has 2 N–H and O–H groups in total. The molecular weight excluding hydrogens is 346 g/mol. The number of hydrazine groups is 1. The highest BCUT2D eigenvalue weighted by molar-refractivity contribution is 5.98. The van der Waals surface area contributed by atoms with Crippen LogP contribution in [0.15, 0.2) is 59.1 Å². The van der Waals surface area contributed by atoms with E-state index in [9.17, 15) is 9.59 Å². The molecule has 0 atom stereocenters. The lowest BCUT2D eigenvalue weighted by Crippen LogP contribution is -2.41. The summed E-state index contributed by atoms with van der Waals surface area (Å²) in [5, 5.41) is 3.73. The Morgan fingerprint density at radius 2 is 1.78 bits per heavy atom. The molecule has 2 amide bonds. The smallest absolute Gasteiger partial charge is 0.291 e. The molecule has 0 unspecified atom stereocenters. The lowest BCUT2D eigenvalue weighted by molar-refractivity contribution is 0.0841. The van der Waals surface area contributed by atoms with Crippen molar-refractivity contribution in [2.45, 2.75) is 13.8 Å². The van der Waals surface area contributed by atoms with Crippen molar-refractivity contribution in [3.63, 3.8) is 0 Å². The molecule has 0 aliphatic heterocycles. The summed E-state index contributed by atoms with van der Waals surface area (Å²) in [5.74, 6) is 0.168. The summed E-state index contributed by atoms with van der Waals surface area (Å²) in [6.45, 7) is 4.29. The van der Waals surface area contributed by atoms with Crippen molar-refractivity contribution < 1.29 is 18.8 Å². The molecule has 2 aromatic carbocycles. The van der Waals surface area contributed by atoms with Crippen LogP contribution in [-0.4, -0.2) is 23.6 Å². The van der Waals surface area contributed by atoms with Gasteiger partial charge in [0.25, 0.3) is 11.8 Å². The third-order valence-corrected chi connectivity index (χ3v) is 3.83. The fourth-order valence-electron chi connectivity index (χ4n) is 2.48. The lowest BCUT2D eigenvalue weighted by Gasteiger charge is -2.09. The number of nitrogens with zero attached hydrogens (tertiary/aromatic N) is 1. The molecule has 1 heterocycles. The van der Waals surface area contributed by atoms with Gasteiger partial charge < -0.3 is 9.26 Å². The number of benzene rings is 2. The van der Waals surface area contributed by atoms with Gasteiger partial charge in [-0.1, -0.05) is 35.5 Å². The second-order valence-electron chi connectivity index (χ2n) is 5.76. The van der Waals surface area contributed by atoms with Crippen molar-refractivity contribution in [1.29, 1.82) is 0 Å². The molecule has 27 heavy (non-hydrogen) atoms. The van der Waals surface area contributed by atoms with E-state index in [1.54, 1.807) is 18.2 Å². The molecule has 0 aliphatic rings. The van der Waals surface area contributed by atoms with Gasteiger partial charge in [0.2, 0.25) is 0 Å². The molecular formula is C20H19N3O4. The number of hydrogen-bond donors (Lipinski definition) is 2. The normalized spacial score (nSPS) is 10.3. The van der Waals surface area contributed by atoms with E-state index in [0.717, 1.165) is 11.1 Å². The van der Waals surface area contributed by atoms with Crippen molar-refractivity contribution in [1.82, 2.24) is 16.0 Å². The van der Waals surface area contributed by atoms with Gasteiger partial charge in [0, 0.05) is 17.2 Å². The highest BCUT2D eigenvalue weighted by Gasteiger charge is 2.15. The van der Waals surface area contributed by atoms with Gasteiger partial charge in [-0.3, -0.25) is 20.4 Å². The second-order valence-corrected chi connectivity index (χ2v) is 5.76. The highest BCUT2D eigenvalue weighted by atomic mass is 16.5. The molecule has 0 spiro atoms. The van der Waals surface area contributed by atoms with Crippen LogP contribution in [0.5, 0.6) is 5.75 Å². The highest BCUT2D eigenvalue weighted by Crippen LogP contribution is 2.20. The summed E-state index contributed by atoms with van der Waals surface area (Å²) in [4.78, 5) is 24.4. The minimum atomic E-state index is -0.572. The lowest BCUT2D eigenvalue weighted by atomic mass is 10.1. The Balaban J connectivity index is 1.61. The summed E-state index contributed by atoms with van der Waals surface area (Å²) in [5.41, 5.74) is 6.80. The maximum atomic E-state index is 12.2. The van der Waals surface area contributed by atoms with E-state index in [1.807, 2.05) is 44.2 Å². The first-order valence-electron chi connectivity index (χ1n) is 8.44. The van der Waals surface area contributed by atoms with Gasteiger partial charge in [0.15, 0.2) is 11.5 Å². The van der Waals surface area contributed by atoms with E-state index in [2.05, 4.69) is 16.0 Å². The average Bonchev–Trinajstić information content (AvgIpc) is 3.18. The maximum absolute atomic E-state index is 12.2. The van der Waals surface area contributed by atoms with E-state index < -0.39 is 11.8 Å². The van der Waals surface area contributed by atoms with Gasteiger partial charge in [-0.25, -0.2) is 0 Å². The maximum Gasteiger partial charge on any atom is 0.291 e. The Morgan fingerprint density at radius 3 is 2.48 bits per heavy atom. The third-order valence-electron chi connectivity index (χ3n) is 3.83. The first kappa shape index (κ1) is 18.2. The Bertz CT molecular complexity index is 951. The molecule has 138 valence electrons. The first-order valence-corrected chi connectivity index (χ1v) is 8.44. The largest absolute Gasteiger partial charge is 0.494 e. The summed E-state index contributed by atoms with van der Waals surface area (Å²) >= 11 is 0. The Kier molecular flexibility index (Phi) is 5.51. The van der Waals surface area contributed by atoms with Crippen molar-refractivity contribution in [3.8, 4) is 17.1 Å². The van der Waals surface area contributed by atoms with Crippen molar-refractivity contribution in [2.75, 3.05) is 6.61 Å². The van der Waals surface area contributed by atoms with Crippen LogP contribution in [0.1, 0.15) is 33.3 Å². The molecule has 0 saturated carbocycles. The Labute approximate surface area is 156 Å². The van der Waals surface area contributed by atoms with Crippen LogP contribution in [0.3, 0.4) is 0 Å². The number of amides is 2. The summed E-state index contributed by atoms with van der Waals surface area (Å²) < 4.78 is 10.6. The fourth-order valence-corrected chi connectivity index (χ4v) is 2.48. The van der Waals surface area contributed by atoms with E-state index in [1.165, 1.54) is 6.07 Å². The molecule has 0 saturated heterocycles. The zero-order valence-corrected chi connectivity index (χ0v) is 15.0. The van der Waals surface area contributed by atoms with Crippen LogP contribution in [0.25, 0.3) is 11.3 Å². The van der Waals surface area contributed by atoms with E-state index in [4.69, 9.17) is 9.26 Å². The summed E-state index contributed by atoms with van der Waals surface area (Å²) in [6, 6.07) is 15.8. The monoisotopic (exact) mass is 365 g/mol. The van der Waals surface area contributed by atoms with Crippen molar-refractivity contribution >= 4 is 11.8 Å². The molecule has 3 aromatic rings. The molecule has 0 aliphatic carbocycles. The topological polar surface area (TPSA) is 93.5 Å². The number of carbonyl (C=O) groups excluding carboxylic acids is 2. The van der Waals surface area contributed by atoms with Crippen LogP contribution in [0.2, 0.25) is 0 Å². The van der Waals surface area contributed by atoms with Gasteiger partial charge >= 0.3 is 0 Å². The van der Waals surface area contributed by atoms with Gasteiger partial charge in [-0.2, -0.15) is 0 Å². The summed E-state index contributed by atoms with van der Waals surface area (Å²) in [6.07, 6.45) is 0. The Morgan fingerprint density at radius 1 is 1.04 bits per heavy atom.